The smallest absolute Gasteiger partial charge is 0.141 e. The van der Waals surface area contributed by atoms with Crippen molar-refractivity contribution in [3.8, 4) is 0 Å². The van der Waals surface area contributed by atoms with Gasteiger partial charge in [-0.25, -0.2) is 0 Å². The number of nitrogens with one attached hydrogen (secondary N) is 1. The van der Waals surface area contributed by atoms with E-state index >= 15 is 0 Å². The van der Waals surface area contributed by atoms with Crippen LogP contribution in [-0.4, -0.2) is 18.6 Å². The van der Waals surface area contributed by atoms with Gasteiger partial charge >= 0.3 is 0 Å². The summed E-state index contributed by atoms with van der Waals surface area (Å²) in [5.74, 6) is 0.00343. The first kappa shape index (κ1) is 8.46. The quantitative estimate of drug-likeness (QED) is 0.494. The molecule has 3 heteroatoms. The van der Waals surface area contributed by atoms with Gasteiger partial charge in [-0.2, -0.15) is 0 Å². The average Bonchev–Trinajstić information content (AvgIpc) is 2.07. The Balaban J connectivity index is 3.05. The Labute approximate surface area is 71.4 Å². The second-order valence-electron chi connectivity index (χ2n) is 2.35. The Morgan fingerprint density at radius 2 is 1.92 bits per heavy atom. The Kier molecular flexibility index (Phi) is 2.58. The van der Waals surface area contributed by atoms with Gasteiger partial charge in [0, 0.05) is 12.6 Å². The van der Waals surface area contributed by atoms with Crippen LogP contribution in [0.5, 0.6) is 0 Å². The van der Waals surface area contributed by atoms with E-state index in [2.05, 4.69) is 4.99 Å². The van der Waals surface area contributed by atoms with E-state index in [1.54, 1.807) is 7.05 Å². The number of hydrogen-bond acceptors (Lipinski definition) is 2. The van der Waals surface area contributed by atoms with Gasteiger partial charge in [-0.15, -0.1) is 0 Å². The predicted octanol–water partition coefficient (Wildman–Crippen LogP) is 1.04. The Hall–Kier alpha value is -1.64. The molecule has 0 amide bonds. The molecule has 0 saturated carbocycles. The van der Waals surface area contributed by atoms with Gasteiger partial charge in [0.1, 0.15) is 11.5 Å². The summed E-state index contributed by atoms with van der Waals surface area (Å²) in [6.07, 6.45) is 0. The second kappa shape index (κ2) is 3.67. The molecule has 0 atom stereocenters. The first-order valence-corrected chi connectivity index (χ1v) is 3.62. The Bertz CT molecular complexity index is 301. The summed E-state index contributed by atoms with van der Waals surface area (Å²) in [6.45, 7) is 0. The highest BCUT2D eigenvalue weighted by Gasteiger charge is 2.03. The number of nitrogens with two attached hydrogens (primary N) is 1. The number of rotatable bonds is 2. The molecule has 1 rings (SSSR count). The van der Waals surface area contributed by atoms with Crippen LogP contribution in [0.25, 0.3) is 0 Å². The molecule has 0 saturated heterocycles. The highest BCUT2D eigenvalue weighted by Crippen LogP contribution is 2.00. The lowest BCUT2D eigenvalue weighted by Gasteiger charge is -2.01. The molecular weight excluding hydrogens is 150 g/mol. The molecule has 3 N–H and O–H groups in total. The zero-order valence-corrected chi connectivity index (χ0v) is 6.91. The van der Waals surface area contributed by atoms with Crippen LogP contribution in [-0.2, 0) is 0 Å². The minimum absolute atomic E-state index is 0.00343. The van der Waals surface area contributed by atoms with Gasteiger partial charge in [-0.05, 0) is 0 Å². The number of benzene rings is 1. The molecule has 12 heavy (non-hydrogen) atoms. The van der Waals surface area contributed by atoms with Crippen molar-refractivity contribution in [3.05, 3.63) is 35.9 Å². The summed E-state index contributed by atoms with van der Waals surface area (Å²) in [6, 6.07) is 9.46. The van der Waals surface area contributed by atoms with E-state index < -0.39 is 0 Å². The average molecular weight is 161 g/mol. The first-order chi connectivity index (χ1) is 5.75. The second-order valence-corrected chi connectivity index (χ2v) is 2.35. The molecule has 0 radical (unpaired) electrons. The van der Waals surface area contributed by atoms with Crippen LogP contribution < -0.4 is 5.73 Å². The molecule has 62 valence electrons. The van der Waals surface area contributed by atoms with Crippen molar-refractivity contribution in [3.63, 3.8) is 0 Å². The van der Waals surface area contributed by atoms with Gasteiger partial charge < -0.3 is 5.73 Å². The minimum atomic E-state index is 0.00343. The summed E-state index contributed by atoms with van der Waals surface area (Å²) in [4.78, 5) is 3.92. The van der Waals surface area contributed by atoms with Gasteiger partial charge in [0.15, 0.2) is 0 Å². The molecule has 1 aromatic rings. The molecule has 0 bridgehead atoms. The lowest BCUT2D eigenvalue weighted by atomic mass is 10.1. The predicted molar refractivity (Wildman–Crippen MR) is 50.8 cm³/mol. The number of amidine groups is 1. The van der Waals surface area contributed by atoms with E-state index in [-0.39, 0.29) is 5.84 Å². The lowest BCUT2D eigenvalue weighted by Crippen LogP contribution is -2.23. The zero-order valence-electron chi connectivity index (χ0n) is 6.91. The molecular formula is C9H11N3. The maximum atomic E-state index is 7.24. The fourth-order valence-electron chi connectivity index (χ4n) is 1.00. The third-order valence-electron chi connectivity index (χ3n) is 1.53. The topological polar surface area (TPSA) is 62.2 Å². The number of hydrogen-bond donors (Lipinski definition) is 2. The van der Waals surface area contributed by atoms with E-state index in [4.69, 9.17) is 11.1 Å². The van der Waals surface area contributed by atoms with Crippen LogP contribution in [0.3, 0.4) is 0 Å². The van der Waals surface area contributed by atoms with Crippen LogP contribution in [0.2, 0.25) is 0 Å². The Morgan fingerprint density at radius 1 is 1.33 bits per heavy atom. The van der Waals surface area contributed by atoms with Crippen molar-refractivity contribution >= 4 is 11.5 Å². The molecule has 0 aromatic heterocycles. The van der Waals surface area contributed by atoms with Crippen LogP contribution in [0.15, 0.2) is 35.3 Å². The fraction of sp³-hybridized carbons (Fsp3) is 0.111. The number of aliphatic imine (C=N–C) groups is 1. The number of nitrogens with zero attached hydrogens (tertiary/aromatic N) is 1. The summed E-state index contributed by atoms with van der Waals surface area (Å²) >= 11 is 0. The third-order valence-corrected chi connectivity index (χ3v) is 1.53. The highest BCUT2D eigenvalue weighted by molar-refractivity contribution is 6.45. The van der Waals surface area contributed by atoms with Gasteiger partial charge in [0.05, 0.1) is 0 Å². The maximum Gasteiger partial charge on any atom is 0.141 e. The largest absolute Gasteiger partial charge is 0.382 e. The van der Waals surface area contributed by atoms with Crippen LogP contribution in [0.4, 0.5) is 0 Å². The molecule has 0 heterocycles. The summed E-state index contributed by atoms with van der Waals surface area (Å²) < 4.78 is 0. The molecule has 0 aliphatic carbocycles. The molecule has 1 aromatic carbocycles. The fourth-order valence-corrected chi connectivity index (χ4v) is 1.00. The summed E-state index contributed by atoms with van der Waals surface area (Å²) in [5, 5.41) is 7.24. The molecule has 0 fully saturated rings. The van der Waals surface area contributed by atoms with E-state index in [1.807, 2.05) is 30.3 Å². The molecule has 0 unspecified atom stereocenters. The lowest BCUT2D eigenvalue weighted by molar-refractivity contribution is 1.40. The normalized spacial score (nSPS) is 11.2. The van der Waals surface area contributed by atoms with E-state index in [0.717, 1.165) is 5.56 Å². The van der Waals surface area contributed by atoms with E-state index in [0.29, 0.717) is 5.71 Å². The van der Waals surface area contributed by atoms with Crippen molar-refractivity contribution in [1.29, 1.82) is 5.41 Å². The van der Waals surface area contributed by atoms with Crippen molar-refractivity contribution in [1.82, 2.24) is 0 Å². The van der Waals surface area contributed by atoms with Crippen molar-refractivity contribution in [2.45, 2.75) is 0 Å². The van der Waals surface area contributed by atoms with Crippen LogP contribution in [0.1, 0.15) is 5.56 Å². The third kappa shape index (κ3) is 1.69. The van der Waals surface area contributed by atoms with Gasteiger partial charge in [0.2, 0.25) is 0 Å². The van der Waals surface area contributed by atoms with E-state index in [1.165, 1.54) is 0 Å². The van der Waals surface area contributed by atoms with Crippen LogP contribution >= 0.6 is 0 Å². The van der Waals surface area contributed by atoms with Crippen molar-refractivity contribution < 1.29 is 0 Å². The standard InChI is InChI=1S/C9H11N3/c1-12-8(9(10)11)7-5-3-2-4-6-7/h2-6H,1H3,(H3,10,11). The molecule has 3 nitrogen and oxygen atoms in total. The first-order valence-electron chi connectivity index (χ1n) is 3.62. The van der Waals surface area contributed by atoms with Gasteiger partial charge in [0.25, 0.3) is 0 Å². The van der Waals surface area contributed by atoms with Crippen LogP contribution in [0, 0.1) is 5.41 Å². The summed E-state index contributed by atoms with van der Waals surface area (Å²) in [7, 11) is 1.63. The monoisotopic (exact) mass is 161 g/mol. The summed E-state index contributed by atoms with van der Waals surface area (Å²) in [5.41, 5.74) is 6.75. The minimum Gasteiger partial charge on any atom is -0.382 e. The highest BCUT2D eigenvalue weighted by atomic mass is 14.8. The molecule has 0 aliphatic rings. The Morgan fingerprint density at radius 3 is 2.33 bits per heavy atom. The van der Waals surface area contributed by atoms with Crippen molar-refractivity contribution in [2.75, 3.05) is 7.05 Å². The van der Waals surface area contributed by atoms with Gasteiger partial charge in [-0.3, -0.25) is 10.4 Å². The zero-order chi connectivity index (χ0) is 8.97. The molecule has 0 aliphatic heterocycles. The van der Waals surface area contributed by atoms with Gasteiger partial charge in [-0.1, -0.05) is 30.3 Å². The van der Waals surface area contributed by atoms with Crippen molar-refractivity contribution in [2.24, 2.45) is 10.7 Å². The van der Waals surface area contributed by atoms with E-state index in [9.17, 15) is 0 Å². The maximum absolute atomic E-state index is 7.24. The SMILES string of the molecule is CN=C(C(=N)N)c1ccccc1. The molecule has 0 spiro atoms.